The standard InChI is InChI=1S/C22H34BrN3O5S/c1-20(2,3)31-19(28)25-11-10-22(29,21(14-25)8-6-7-9-21)15-26-13-16(23)17(12-18(26)27)24-32(4,5)30/h12-13,29H,6-11,14-15H2,1-5H3. The maximum atomic E-state index is 12.8. The average molecular weight is 533 g/mol. The van der Waals surface area contributed by atoms with Gasteiger partial charge in [-0.05, 0) is 56.0 Å². The number of hydrogen-bond acceptors (Lipinski definition) is 6. The number of likely N-dealkylation sites (tertiary alicyclic amines) is 1. The zero-order valence-corrected chi connectivity index (χ0v) is 21.9. The maximum absolute atomic E-state index is 12.8. The molecule has 1 aliphatic carbocycles. The van der Waals surface area contributed by atoms with Gasteiger partial charge in [-0.2, -0.15) is 4.36 Å². The Bertz CT molecular complexity index is 1060. The molecule has 1 spiro atoms. The normalized spacial score (nSPS) is 23.4. The van der Waals surface area contributed by atoms with Crippen molar-refractivity contribution in [3.05, 3.63) is 27.1 Å². The number of hydrogen-bond donors (Lipinski definition) is 1. The molecule has 0 bridgehead atoms. The Balaban J connectivity index is 1.90. The van der Waals surface area contributed by atoms with E-state index in [1.165, 1.54) is 23.1 Å². The van der Waals surface area contributed by atoms with E-state index in [0.717, 1.165) is 25.7 Å². The number of aliphatic hydroxyl groups is 1. The van der Waals surface area contributed by atoms with Crippen molar-refractivity contribution in [1.29, 1.82) is 0 Å². The molecule has 1 N–H and O–H groups in total. The van der Waals surface area contributed by atoms with E-state index >= 15 is 0 Å². The van der Waals surface area contributed by atoms with E-state index in [1.54, 1.807) is 11.1 Å². The Hall–Kier alpha value is -1.39. The SMILES string of the molecule is CC(C)(C)OC(=O)N1CCC(O)(Cn2cc(Br)c(N=S(C)(C)=O)cc2=O)C2(CCCC2)C1. The van der Waals surface area contributed by atoms with Crippen LogP contribution in [0.15, 0.2) is 25.9 Å². The zero-order chi connectivity index (χ0) is 23.9. The zero-order valence-electron chi connectivity index (χ0n) is 19.5. The summed E-state index contributed by atoms with van der Waals surface area (Å²) in [7, 11) is -2.42. The Morgan fingerprint density at radius 1 is 1.28 bits per heavy atom. The van der Waals surface area contributed by atoms with Crippen molar-refractivity contribution in [2.75, 3.05) is 25.6 Å². The molecular formula is C22H34BrN3O5S. The van der Waals surface area contributed by atoms with Gasteiger partial charge in [-0.25, -0.2) is 9.00 Å². The lowest BCUT2D eigenvalue weighted by Crippen LogP contribution is -2.62. The van der Waals surface area contributed by atoms with Crippen LogP contribution in [0.5, 0.6) is 0 Å². The molecule has 180 valence electrons. The summed E-state index contributed by atoms with van der Waals surface area (Å²) in [5.41, 5.74) is -2.18. The molecule has 1 saturated carbocycles. The van der Waals surface area contributed by atoms with Crippen LogP contribution in [0.1, 0.15) is 52.9 Å². The van der Waals surface area contributed by atoms with Crippen LogP contribution >= 0.6 is 15.9 Å². The van der Waals surface area contributed by atoms with Gasteiger partial charge in [0.05, 0.1) is 22.3 Å². The molecule has 0 radical (unpaired) electrons. The smallest absolute Gasteiger partial charge is 0.410 e. The van der Waals surface area contributed by atoms with Crippen LogP contribution in [0.4, 0.5) is 10.5 Å². The van der Waals surface area contributed by atoms with Crippen molar-refractivity contribution in [3.63, 3.8) is 0 Å². The fraction of sp³-hybridized carbons (Fsp3) is 0.727. The molecule has 1 amide bonds. The minimum absolute atomic E-state index is 0.125. The second kappa shape index (κ2) is 8.76. The summed E-state index contributed by atoms with van der Waals surface area (Å²) in [6.45, 7) is 6.42. The van der Waals surface area contributed by atoms with Crippen LogP contribution in [0.2, 0.25) is 0 Å². The molecule has 10 heteroatoms. The number of ether oxygens (including phenoxy) is 1. The van der Waals surface area contributed by atoms with Gasteiger partial charge in [0.2, 0.25) is 0 Å². The number of carbonyl (C=O) groups is 1. The molecule has 1 aromatic heterocycles. The van der Waals surface area contributed by atoms with Gasteiger partial charge in [0, 0.05) is 53.0 Å². The third kappa shape index (κ3) is 5.56. The first-order valence-electron chi connectivity index (χ1n) is 10.9. The summed E-state index contributed by atoms with van der Waals surface area (Å²) in [5.74, 6) is 0. The monoisotopic (exact) mass is 531 g/mol. The summed E-state index contributed by atoms with van der Waals surface area (Å²) >= 11 is 3.42. The minimum atomic E-state index is -2.42. The van der Waals surface area contributed by atoms with Crippen LogP contribution in [-0.4, -0.2) is 61.7 Å². The summed E-state index contributed by atoms with van der Waals surface area (Å²) in [6, 6.07) is 1.34. The van der Waals surface area contributed by atoms with Crippen molar-refractivity contribution in [3.8, 4) is 0 Å². The molecule has 2 aliphatic rings. The highest BCUT2D eigenvalue weighted by Gasteiger charge is 2.56. The lowest BCUT2D eigenvalue weighted by Gasteiger charge is -2.52. The van der Waals surface area contributed by atoms with E-state index in [2.05, 4.69) is 20.3 Å². The van der Waals surface area contributed by atoms with Crippen molar-refractivity contribution in [2.24, 2.45) is 9.78 Å². The van der Waals surface area contributed by atoms with Crippen molar-refractivity contribution >= 4 is 37.4 Å². The van der Waals surface area contributed by atoms with Gasteiger partial charge in [-0.3, -0.25) is 4.79 Å². The van der Waals surface area contributed by atoms with Gasteiger partial charge in [-0.1, -0.05) is 12.8 Å². The first-order chi connectivity index (χ1) is 14.6. The van der Waals surface area contributed by atoms with E-state index in [1.807, 2.05) is 20.8 Å². The first kappa shape index (κ1) is 25.2. The molecule has 32 heavy (non-hydrogen) atoms. The fourth-order valence-electron chi connectivity index (χ4n) is 4.83. The highest BCUT2D eigenvalue weighted by molar-refractivity contribution is 9.10. The molecule has 8 nitrogen and oxygen atoms in total. The molecule has 1 aliphatic heterocycles. The van der Waals surface area contributed by atoms with Crippen LogP contribution in [0.3, 0.4) is 0 Å². The average Bonchev–Trinajstić information content (AvgIpc) is 3.09. The molecule has 0 aromatic carbocycles. The Kier molecular flexibility index (Phi) is 6.91. The van der Waals surface area contributed by atoms with Gasteiger partial charge >= 0.3 is 6.09 Å². The summed E-state index contributed by atoms with van der Waals surface area (Å²) in [6.07, 6.45) is 8.16. The minimum Gasteiger partial charge on any atom is -0.444 e. The number of rotatable bonds is 3. The van der Waals surface area contributed by atoms with Gasteiger partial charge < -0.3 is 19.3 Å². The number of piperidine rings is 1. The Morgan fingerprint density at radius 2 is 1.91 bits per heavy atom. The van der Waals surface area contributed by atoms with Crippen LogP contribution in [0.25, 0.3) is 0 Å². The van der Waals surface area contributed by atoms with E-state index in [-0.39, 0.29) is 18.2 Å². The second-order valence-electron chi connectivity index (χ2n) is 10.4. The third-order valence-electron chi connectivity index (χ3n) is 6.30. The van der Waals surface area contributed by atoms with E-state index in [0.29, 0.717) is 29.7 Å². The Labute approximate surface area is 198 Å². The lowest BCUT2D eigenvalue weighted by molar-refractivity contribution is -0.140. The first-order valence-corrected chi connectivity index (χ1v) is 14.0. The number of aromatic nitrogens is 1. The predicted molar refractivity (Wildman–Crippen MR) is 129 cm³/mol. The van der Waals surface area contributed by atoms with Crippen LogP contribution in [0, 0.1) is 5.41 Å². The molecule has 2 fully saturated rings. The molecule has 1 aromatic rings. The van der Waals surface area contributed by atoms with Crippen LogP contribution in [-0.2, 0) is 21.0 Å². The van der Waals surface area contributed by atoms with Gasteiger partial charge in [-0.15, -0.1) is 0 Å². The summed E-state index contributed by atoms with van der Waals surface area (Å²) in [4.78, 5) is 27.2. The molecular weight excluding hydrogens is 498 g/mol. The Morgan fingerprint density at radius 3 is 2.47 bits per heavy atom. The quantitative estimate of drug-likeness (QED) is 0.637. The third-order valence-corrected chi connectivity index (χ3v) is 7.54. The number of halogens is 1. The van der Waals surface area contributed by atoms with Gasteiger partial charge in [0.1, 0.15) is 5.60 Å². The second-order valence-corrected chi connectivity index (χ2v) is 13.8. The van der Waals surface area contributed by atoms with Crippen molar-refractivity contribution < 1.29 is 18.8 Å². The molecule has 1 saturated heterocycles. The summed E-state index contributed by atoms with van der Waals surface area (Å²) < 4.78 is 23.8. The van der Waals surface area contributed by atoms with Crippen LogP contribution < -0.4 is 5.56 Å². The predicted octanol–water partition coefficient (Wildman–Crippen LogP) is 3.90. The fourth-order valence-corrected chi connectivity index (χ4v) is 6.02. The number of pyridine rings is 1. The number of nitrogens with zero attached hydrogens (tertiary/aromatic N) is 3. The summed E-state index contributed by atoms with van der Waals surface area (Å²) in [5, 5.41) is 11.9. The largest absolute Gasteiger partial charge is 0.444 e. The van der Waals surface area contributed by atoms with Crippen molar-refractivity contribution in [2.45, 2.75) is 70.6 Å². The number of amides is 1. The van der Waals surface area contributed by atoms with E-state index in [9.17, 15) is 18.9 Å². The van der Waals surface area contributed by atoms with Crippen molar-refractivity contribution in [1.82, 2.24) is 9.47 Å². The molecule has 1 atom stereocenters. The van der Waals surface area contributed by atoms with E-state index in [4.69, 9.17) is 4.74 Å². The topological polar surface area (TPSA) is 101 Å². The highest BCUT2D eigenvalue weighted by atomic mass is 79.9. The van der Waals surface area contributed by atoms with Gasteiger partial charge in [0.25, 0.3) is 5.56 Å². The maximum Gasteiger partial charge on any atom is 0.410 e. The molecule has 1 unspecified atom stereocenters. The lowest BCUT2D eigenvalue weighted by atomic mass is 9.66. The highest BCUT2D eigenvalue weighted by Crippen LogP contribution is 2.51. The van der Waals surface area contributed by atoms with E-state index < -0.39 is 26.3 Å². The van der Waals surface area contributed by atoms with Gasteiger partial charge in [0.15, 0.2) is 0 Å². The number of carbonyl (C=O) groups excluding carboxylic acids is 1. The molecule has 2 heterocycles. The molecule has 3 rings (SSSR count).